The van der Waals surface area contributed by atoms with Crippen LogP contribution in [-0.4, -0.2) is 15.1 Å². The normalized spacial score (nSPS) is 11.0. The molecule has 3 aromatic rings. The summed E-state index contributed by atoms with van der Waals surface area (Å²) in [6.45, 7) is 0. The van der Waals surface area contributed by atoms with Gasteiger partial charge in [0.05, 0.1) is 4.92 Å². The summed E-state index contributed by atoms with van der Waals surface area (Å²) in [7, 11) is 0. The van der Waals surface area contributed by atoms with Gasteiger partial charge in [-0.3, -0.25) is 10.1 Å². The van der Waals surface area contributed by atoms with Gasteiger partial charge in [-0.05, 0) is 35.9 Å². The van der Waals surface area contributed by atoms with Crippen LogP contribution in [0.1, 0.15) is 11.5 Å². The molecule has 0 aliphatic carbocycles. The number of benzene rings is 2. The first-order chi connectivity index (χ1) is 11.1. The van der Waals surface area contributed by atoms with E-state index < -0.39 is 4.92 Å². The zero-order chi connectivity index (χ0) is 16.2. The quantitative estimate of drug-likeness (QED) is 0.538. The molecule has 0 amide bonds. The van der Waals surface area contributed by atoms with Crippen molar-refractivity contribution in [1.29, 1.82) is 0 Å². The highest BCUT2D eigenvalue weighted by molar-refractivity contribution is 5.67. The third kappa shape index (κ3) is 3.46. The van der Waals surface area contributed by atoms with Crippen molar-refractivity contribution >= 4 is 17.8 Å². The lowest BCUT2D eigenvalue weighted by atomic mass is 10.2. The van der Waals surface area contributed by atoms with E-state index in [1.165, 1.54) is 24.3 Å². The standard InChI is InChI=1S/C16H10FN3O3/c17-13-6-1-11(2-7-13)3-10-15-18-16(19-23-15)12-4-8-14(9-5-12)20(21)22/h1-10H/b10-3+. The summed E-state index contributed by atoms with van der Waals surface area (Å²) in [5.41, 5.74) is 1.40. The second-order valence-corrected chi connectivity index (χ2v) is 4.65. The highest BCUT2D eigenvalue weighted by Gasteiger charge is 2.09. The van der Waals surface area contributed by atoms with Gasteiger partial charge < -0.3 is 4.52 Å². The van der Waals surface area contributed by atoms with E-state index in [0.717, 1.165) is 5.56 Å². The highest BCUT2D eigenvalue weighted by Crippen LogP contribution is 2.20. The van der Waals surface area contributed by atoms with Crippen molar-refractivity contribution in [1.82, 2.24) is 10.1 Å². The predicted octanol–water partition coefficient (Wildman–Crippen LogP) is 3.95. The maximum atomic E-state index is 12.8. The summed E-state index contributed by atoms with van der Waals surface area (Å²) in [6, 6.07) is 11.8. The minimum atomic E-state index is -0.475. The van der Waals surface area contributed by atoms with Crippen LogP contribution in [0.4, 0.5) is 10.1 Å². The Morgan fingerprint density at radius 2 is 1.74 bits per heavy atom. The molecule has 6 nitrogen and oxygen atoms in total. The van der Waals surface area contributed by atoms with Gasteiger partial charge in [0.1, 0.15) is 5.82 Å². The lowest BCUT2D eigenvalue weighted by molar-refractivity contribution is -0.384. The Balaban J connectivity index is 1.77. The van der Waals surface area contributed by atoms with Gasteiger partial charge in [-0.2, -0.15) is 4.98 Å². The van der Waals surface area contributed by atoms with Crippen LogP contribution in [0.15, 0.2) is 53.1 Å². The number of hydrogen-bond donors (Lipinski definition) is 0. The third-order valence-electron chi connectivity index (χ3n) is 3.07. The topological polar surface area (TPSA) is 82.1 Å². The third-order valence-corrected chi connectivity index (χ3v) is 3.07. The van der Waals surface area contributed by atoms with Crippen molar-refractivity contribution in [2.75, 3.05) is 0 Å². The van der Waals surface area contributed by atoms with E-state index >= 15 is 0 Å². The van der Waals surface area contributed by atoms with Crippen molar-refractivity contribution < 1.29 is 13.8 Å². The number of rotatable bonds is 4. The summed E-state index contributed by atoms with van der Waals surface area (Å²) in [6.07, 6.45) is 3.32. The second-order valence-electron chi connectivity index (χ2n) is 4.65. The Morgan fingerprint density at radius 1 is 1.04 bits per heavy atom. The first-order valence-electron chi connectivity index (χ1n) is 6.64. The van der Waals surface area contributed by atoms with Gasteiger partial charge in [0, 0.05) is 23.8 Å². The molecule has 0 radical (unpaired) electrons. The van der Waals surface area contributed by atoms with Gasteiger partial charge in [0.2, 0.25) is 5.82 Å². The number of nitro groups is 1. The van der Waals surface area contributed by atoms with E-state index in [2.05, 4.69) is 10.1 Å². The molecule has 7 heteroatoms. The van der Waals surface area contributed by atoms with E-state index in [1.54, 1.807) is 36.4 Å². The molecule has 0 aliphatic rings. The Kier molecular flexibility index (Phi) is 3.92. The average molecular weight is 311 g/mol. The molecular formula is C16H10FN3O3. The van der Waals surface area contributed by atoms with Gasteiger partial charge in [0.25, 0.3) is 11.6 Å². The molecule has 2 aromatic carbocycles. The maximum Gasteiger partial charge on any atom is 0.269 e. The molecule has 0 saturated carbocycles. The molecule has 114 valence electrons. The molecule has 0 bridgehead atoms. The lowest BCUT2D eigenvalue weighted by Gasteiger charge is -1.93. The number of hydrogen-bond acceptors (Lipinski definition) is 5. The summed E-state index contributed by atoms with van der Waals surface area (Å²) >= 11 is 0. The number of non-ortho nitro benzene ring substituents is 1. The van der Waals surface area contributed by atoms with E-state index in [9.17, 15) is 14.5 Å². The van der Waals surface area contributed by atoms with Crippen molar-refractivity contribution in [2.24, 2.45) is 0 Å². The number of halogens is 1. The van der Waals surface area contributed by atoms with Crippen LogP contribution in [0.5, 0.6) is 0 Å². The summed E-state index contributed by atoms with van der Waals surface area (Å²) in [5, 5.41) is 14.4. The summed E-state index contributed by atoms with van der Waals surface area (Å²) < 4.78 is 17.9. The van der Waals surface area contributed by atoms with Crippen LogP contribution in [0.25, 0.3) is 23.5 Å². The molecular weight excluding hydrogens is 301 g/mol. The van der Waals surface area contributed by atoms with Crippen molar-refractivity contribution in [2.45, 2.75) is 0 Å². The first kappa shape index (κ1) is 14.6. The largest absolute Gasteiger partial charge is 0.334 e. The lowest BCUT2D eigenvalue weighted by Crippen LogP contribution is -1.87. The zero-order valence-electron chi connectivity index (χ0n) is 11.7. The number of aromatic nitrogens is 2. The number of nitrogens with zero attached hydrogens (tertiary/aromatic N) is 3. The molecule has 0 spiro atoms. The first-order valence-corrected chi connectivity index (χ1v) is 6.64. The second kappa shape index (κ2) is 6.18. The molecule has 0 saturated heterocycles. The molecule has 0 fully saturated rings. The minimum absolute atomic E-state index is 0.00586. The maximum absolute atomic E-state index is 12.8. The average Bonchev–Trinajstić information content (AvgIpc) is 3.03. The van der Waals surface area contributed by atoms with Crippen LogP contribution in [0, 0.1) is 15.9 Å². The van der Waals surface area contributed by atoms with Gasteiger partial charge in [-0.1, -0.05) is 17.3 Å². The van der Waals surface area contributed by atoms with Crippen LogP contribution >= 0.6 is 0 Å². The van der Waals surface area contributed by atoms with Crippen LogP contribution < -0.4 is 0 Å². The fourth-order valence-electron chi connectivity index (χ4n) is 1.89. The summed E-state index contributed by atoms with van der Waals surface area (Å²) in [4.78, 5) is 14.3. The molecule has 3 rings (SSSR count). The van der Waals surface area contributed by atoms with E-state index in [-0.39, 0.29) is 17.4 Å². The fraction of sp³-hybridized carbons (Fsp3) is 0. The highest BCUT2D eigenvalue weighted by atomic mass is 19.1. The van der Waals surface area contributed by atoms with Gasteiger partial charge in [-0.15, -0.1) is 0 Å². The molecule has 0 aliphatic heterocycles. The van der Waals surface area contributed by atoms with Crippen LogP contribution in [-0.2, 0) is 0 Å². The van der Waals surface area contributed by atoms with Crippen molar-refractivity contribution in [3.05, 3.63) is 75.9 Å². The molecule has 1 aromatic heterocycles. The van der Waals surface area contributed by atoms with E-state index in [4.69, 9.17) is 4.52 Å². The molecule has 23 heavy (non-hydrogen) atoms. The Bertz CT molecular complexity index is 855. The smallest absolute Gasteiger partial charge is 0.269 e. The molecule has 0 unspecified atom stereocenters. The van der Waals surface area contributed by atoms with Crippen molar-refractivity contribution in [3.63, 3.8) is 0 Å². The Hall–Kier alpha value is -3.35. The van der Waals surface area contributed by atoms with Gasteiger partial charge in [-0.25, -0.2) is 4.39 Å². The monoisotopic (exact) mass is 311 g/mol. The van der Waals surface area contributed by atoms with Crippen LogP contribution in [0.2, 0.25) is 0 Å². The predicted molar refractivity (Wildman–Crippen MR) is 81.7 cm³/mol. The molecule has 1 heterocycles. The Labute approximate surface area is 130 Å². The number of nitro benzene ring substituents is 1. The van der Waals surface area contributed by atoms with Gasteiger partial charge >= 0.3 is 0 Å². The van der Waals surface area contributed by atoms with E-state index in [1.807, 2.05) is 0 Å². The zero-order valence-corrected chi connectivity index (χ0v) is 11.7. The van der Waals surface area contributed by atoms with Gasteiger partial charge in [0.15, 0.2) is 0 Å². The Morgan fingerprint density at radius 3 is 2.39 bits per heavy atom. The fourth-order valence-corrected chi connectivity index (χ4v) is 1.89. The van der Waals surface area contributed by atoms with Crippen molar-refractivity contribution in [3.8, 4) is 11.4 Å². The SMILES string of the molecule is O=[N+]([O-])c1ccc(-c2noc(/C=C/c3ccc(F)cc3)n2)cc1. The summed E-state index contributed by atoms with van der Waals surface area (Å²) in [5.74, 6) is 0.307. The molecule has 0 atom stereocenters. The van der Waals surface area contributed by atoms with Crippen LogP contribution in [0.3, 0.4) is 0 Å². The minimum Gasteiger partial charge on any atom is -0.334 e. The van der Waals surface area contributed by atoms with E-state index in [0.29, 0.717) is 11.4 Å². The molecule has 0 N–H and O–H groups in total.